The molecule has 0 unspecified atom stereocenters. The minimum atomic E-state index is 0. The second-order valence-electron chi connectivity index (χ2n) is 4.58. The maximum Gasteiger partial charge on any atom is 0.194 e. The number of nitrogens with one attached hydrogen (secondary N) is 1. The predicted molar refractivity (Wildman–Crippen MR) is 103 cm³/mol. The number of guanidine groups is 1. The number of piperazine rings is 1. The molecular weight excluding hydrogens is 445 g/mol. The Kier molecular flexibility index (Phi) is 8.02. The summed E-state index contributed by atoms with van der Waals surface area (Å²) in [5.74, 6) is 1.97. The molecule has 7 heteroatoms. The molecule has 1 aromatic rings. The van der Waals surface area contributed by atoms with Crippen LogP contribution in [-0.2, 0) is 0 Å². The van der Waals surface area contributed by atoms with Gasteiger partial charge < -0.3 is 15.1 Å². The lowest BCUT2D eigenvalue weighted by atomic mass is 10.3. The summed E-state index contributed by atoms with van der Waals surface area (Å²) >= 11 is 3.35. The van der Waals surface area contributed by atoms with Crippen LogP contribution in [0.15, 0.2) is 40.4 Å². The quantitative estimate of drug-likeness (QED) is 0.422. The number of rotatable bonds is 3. The Balaban J connectivity index is 0.00000220. The van der Waals surface area contributed by atoms with Crippen LogP contribution in [0.25, 0.3) is 0 Å². The maximum atomic E-state index is 4.40. The lowest BCUT2D eigenvalue weighted by molar-refractivity contribution is 0.373. The Morgan fingerprint density at radius 1 is 1.38 bits per heavy atom. The topological polar surface area (TPSA) is 43.8 Å². The second kappa shape index (κ2) is 9.24. The maximum absolute atomic E-state index is 4.40. The molecule has 1 aliphatic rings. The molecule has 0 aliphatic carbocycles. The van der Waals surface area contributed by atoms with Gasteiger partial charge in [-0.05, 0) is 12.1 Å². The molecule has 1 aliphatic heterocycles. The fraction of sp³-hybridized carbons (Fsp3) is 0.429. The minimum Gasteiger partial charge on any atom is -0.353 e. The van der Waals surface area contributed by atoms with Crippen molar-refractivity contribution >= 4 is 51.7 Å². The van der Waals surface area contributed by atoms with Crippen molar-refractivity contribution in [1.29, 1.82) is 0 Å². The minimum absolute atomic E-state index is 0. The van der Waals surface area contributed by atoms with Gasteiger partial charge in [-0.3, -0.25) is 4.99 Å². The first-order valence-electron chi connectivity index (χ1n) is 6.65. The Hall–Kier alpha value is -0.830. The van der Waals surface area contributed by atoms with Crippen LogP contribution in [0.1, 0.15) is 0 Å². The first kappa shape index (κ1) is 18.2. The molecule has 0 atom stereocenters. The van der Waals surface area contributed by atoms with Gasteiger partial charge in [0.25, 0.3) is 0 Å². The highest BCUT2D eigenvalue weighted by Gasteiger charge is 2.20. The average Bonchev–Trinajstić information content (AvgIpc) is 2.49. The van der Waals surface area contributed by atoms with Gasteiger partial charge in [0.05, 0.1) is 0 Å². The molecule has 0 bridgehead atoms. The van der Waals surface area contributed by atoms with Crippen LogP contribution >= 0.6 is 39.9 Å². The molecule has 0 spiro atoms. The first-order valence-corrected chi connectivity index (χ1v) is 7.45. The van der Waals surface area contributed by atoms with Crippen molar-refractivity contribution in [2.75, 3.05) is 44.7 Å². The molecule has 2 heterocycles. The van der Waals surface area contributed by atoms with E-state index in [1.54, 1.807) is 0 Å². The van der Waals surface area contributed by atoms with Gasteiger partial charge in [0.15, 0.2) is 5.96 Å². The third kappa shape index (κ3) is 5.46. The van der Waals surface area contributed by atoms with Crippen LogP contribution in [0.3, 0.4) is 0 Å². The van der Waals surface area contributed by atoms with Gasteiger partial charge in [0.2, 0.25) is 0 Å². The molecular formula is C14H21BrIN5. The third-order valence-corrected chi connectivity index (χ3v) is 3.48. The molecule has 2 rings (SSSR count). The van der Waals surface area contributed by atoms with E-state index in [-0.39, 0.29) is 24.0 Å². The van der Waals surface area contributed by atoms with Crippen molar-refractivity contribution in [1.82, 2.24) is 15.2 Å². The Morgan fingerprint density at radius 2 is 2.10 bits per heavy atom. The molecule has 0 amide bonds. The number of hydrogen-bond acceptors (Lipinski definition) is 3. The third-order valence-electron chi connectivity index (χ3n) is 3.20. The summed E-state index contributed by atoms with van der Waals surface area (Å²) in [6.07, 6.45) is 1.84. The summed E-state index contributed by atoms with van der Waals surface area (Å²) in [6, 6.07) is 6.02. The molecule has 1 aromatic heterocycles. The average molecular weight is 466 g/mol. The van der Waals surface area contributed by atoms with Gasteiger partial charge in [-0.1, -0.05) is 28.6 Å². The largest absolute Gasteiger partial charge is 0.353 e. The van der Waals surface area contributed by atoms with Gasteiger partial charge in [0.1, 0.15) is 5.82 Å². The van der Waals surface area contributed by atoms with Gasteiger partial charge in [-0.2, -0.15) is 0 Å². The van der Waals surface area contributed by atoms with Crippen molar-refractivity contribution in [2.24, 2.45) is 4.99 Å². The summed E-state index contributed by atoms with van der Waals surface area (Å²) in [5.41, 5.74) is 0. The van der Waals surface area contributed by atoms with E-state index in [1.165, 1.54) is 0 Å². The van der Waals surface area contributed by atoms with Crippen LogP contribution in [0.2, 0.25) is 0 Å². The van der Waals surface area contributed by atoms with Crippen LogP contribution < -0.4 is 10.2 Å². The van der Waals surface area contributed by atoms with Crippen molar-refractivity contribution in [2.45, 2.75) is 0 Å². The van der Waals surface area contributed by atoms with Crippen molar-refractivity contribution in [3.05, 3.63) is 35.5 Å². The van der Waals surface area contributed by atoms with Crippen LogP contribution in [0, 0.1) is 0 Å². The zero-order valence-corrected chi connectivity index (χ0v) is 16.0. The van der Waals surface area contributed by atoms with Crippen molar-refractivity contribution < 1.29 is 0 Å². The Morgan fingerprint density at radius 3 is 2.62 bits per heavy atom. The lowest BCUT2D eigenvalue weighted by Gasteiger charge is -2.37. The van der Waals surface area contributed by atoms with E-state index in [0.717, 1.165) is 42.4 Å². The highest BCUT2D eigenvalue weighted by molar-refractivity contribution is 14.0. The van der Waals surface area contributed by atoms with E-state index in [9.17, 15) is 0 Å². The number of aromatic nitrogens is 1. The SMILES string of the molecule is C=C(Br)CNC(=NC)N1CCN(c2ccccn2)CC1.I. The highest BCUT2D eigenvalue weighted by atomic mass is 127. The van der Waals surface area contributed by atoms with Crippen molar-refractivity contribution in [3.8, 4) is 0 Å². The zero-order chi connectivity index (χ0) is 14.4. The summed E-state index contributed by atoms with van der Waals surface area (Å²) in [7, 11) is 1.81. The van der Waals surface area contributed by atoms with Gasteiger partial charge in [-0.25, -0.2) is 4.98 Å². The van der Waals surface area contributed by atoms with E-state index >= 15 is 0 Å². The number of anilines is 1. The van der Waals surface area contributed by atoms with Gasteiger partial charge >= 0.3 is 0 Å². The molecule has 1 saturated heterocycles. The number of pyridine rings is 1. The van der Waals surface area contributed by atoms with Gasteiger partial charge in [0, 0.05) is 50.5 Å². The van der Waals surface area contributed by atoms with E-state index in [1.807, 2.05) is 25.4 Å². The molecule has 116 valence electrons. The van der Waals surface area contributed by atoms with E-state index in [0.29, 0.717) is 6.54 Å². The predicted octanol–water partition coefficient (Wildman–Crippen LogP) is 2.31. The van der Waals surface area contributed by atoms with E-state index in [4.69, 9.17) is 0 Å². The van der Waals surface area contributed by atoms with Crippen LogP contribution in [0.5, 0.6) is 0 Å². The lowest BCUT2D eigenvalue weighted by Crippen LogP contribution is -2.52. The molecule has 0 aromatic carbocycles. The molecule has 21 heavy (non-hydrogen) atoms. The standard InChI is InChI=1S/C14H20BrN5.HI/c1-12(15)11-18-14(16-2)20-9-7-19(8-10-20)13-5-3-4-6-17-13;/h3-6H,1,7-11H2,2H3,(H,16,18);1H. The number of aliphatic imine (C=N–C) groups is 1. The fourth-order valence-corrected chi connectivity index (χ4v) is 2.34. The number of hydrogen-bond donors (Lipinski definition) is 1. The van der Waals surface area contributed by atoms with Crippen molar-refractivity contribution in [3.63, 3.8) is 0 Å². The second-order valence-corrected chi connectivity index (χ2v) is 5.70. The normalized spacial score (nSPS) is 15.4. The molecule has 0 radical (unpaired) electrons. The van der Waals surface area contributed by atoms with Gasteiger partial charge in [-0.15, -0.1) is 24.0 Å². The monoisotopic (exact) mass is 465 g/mol. The summed E-state index contributed by atoms with van der Waals surface area (Å²) in [6.45, 7) is 8.28. The summed E-state index contributed by atoms with van der Waals surface area (Å²) in [4.78, 5) is 13.3. The van der Waals surface area contributed by atoms with E-state index in [2.05, 4.69) is 53.7 Å². The smallest absolute Gasteiger partial charge is 0.194 e. The zero-order valence-electron chi connectivity index (χ0n) is 12.1. The summed E-state index contributed by atoms with van der Waals surface area (Å²) in [5, 5.41) is 3.29. The summed E-state index contributed by atoms with van der Waals surface area (Å²) < 4.78 is 0.922. The fourth-order valence-electron chi connectivity index (χ4n) is 2.20. The highest BCUT2D eigenvalue weighted by Crippen LogP contribution is 2.12. The van der Waals surface area contributed by atoms with E-state index < -0.39 is 0 Å². The Bertz CT molecular complexity index is 472. The number of halogens is 2. The molecule has 1 fully saturated rings. The molecule has 1 N–H and O–H groups in total. The first-order chi connectivity index (χ1) is 9.70. The molecule has 0 saturated carbocycles. The Labute approximate surface area is 151 Å². The molecule has 5 nitrogen and oxygen atoms in total. The number of nitrogens with zero attached hydrogens (tertiary/aromatic N) is 4. The van der Waals surface area contributed by atoms with Crippen LogP contribution in [-0.4, -0.2) is 55.6 Å². The van der Waals surface area contributed by atoms with Crippen LogP contribution in [0.4, 0.5) is 5.82 Å².